The van der Waals surface area contributed by atoms with E-state index < -0.39 is 0 Å². The van der Waals surface area contributed by atoms with Crippen LogP contribution in [0.1, 0.15) is 40.6 Å². The van der Waals surface area contributed by atoms with Crippen LogP contribution in [-0.2, 0) is 11.2 Å². The highest BCUT2D eigenvalue weighted by Gasteiger charge is 2.27. The van der Waals surface area contributed by atoms with Gasteiger partial charge in [-0.25, -0.2) is 0 Å². The predicted molar refractivity (Wildman–Crippen MR) is 123 cm³/mol. The van der Waals surface area contributed by atoms with Crippen LogP contribution in [-0.4, -0.2) is 49.2 Å². The molecule has 0 radical (unpaired) electrons. The maximum Gasteiger partial charge on any atom is 0.294 e. The number of ether oxygens (including phenoxy) is 2. The molecule has 0 saturated carbocycles. The van der Waals surface area contributed by atoms with E-state index in [4.69, 9.17) is 14.0 Å². The number of para-hydroxylation sites is 2. The first-order chi connectivity index (χ1) is 16.1. The number of carbonyl (C=O) groups excluding carboxylic acids is 2. The highest BCUT2D eigenvalue weighted by Crippen LogP contribution is 2.29. The number of nitrogens with zero attached hydrogens (tertiary/aromatic N) is 2. The van der Waals surface area contributed by atoms with Gasteiger partial charge in [0.15, 0.2) is 0 Å². The van der Waals surface area contributed by atoms with Crippen LogP contribution in [0.4, 0.5) is 5.69 Å². The third kappa shape index (κ3) is 5.34. The van der Waals surface area contributed by atoms with Gasteiger partial charge in [0, 0.05) is 25.1 Å². The molecule has 33 heavy (non-hydrogen) atoms. The van der Waals surface area contributed by atoms with Gasteiger partial charge in [-0.3, -0.25) is 9.59 Å². The number of hydrogen-bond donors (Lipinski definition) is 1. The summed E-state index contributed by atoms with van der Waals surface area (Å²) in [6, 6.07) is 16.4. The number of methoxy groups -OCH3 is 2. The summed E-state index contributed by atoms with van der Waals surface area (Å²) in [6.07, 6.45) is 1.91. The summed E-state index contributed by atoms with van der Waals surface area (Å²) in [6.45, 7) is 1.30. The van der Waals surface area contributed by atoms with Crippen molar-refractivity contribution in [2.45, 2.75) is 25.2 Å². The van der Waals surface area contributed by atoms with Gasteiger partial charge in [0.1, 0.15) is 11.5 Å². The van der Waals surface area contributed by atoms with E-state index in [9.17, 15) is 9.59 Å². The van der Waals surface area contributed by atoms with Crippen LogP contribution in [0, 0.1) is 0 Å². The third-order valence-corrected chi connectivity index (χ3v) is 5.89. The minimum Gasteiger partial charge on any atom is -0.497 e. The van der Waals surface area contributed by atoms with E-state index in [2.05, 4.69) is 10.5 Å². The molecule has 1 fully saturated rings. The molecule has 4 rings (SSSR count). The molecular weight excluding hydrogens is 422 g/mol. The highest BCUT2D eigenvalue weighted by molar-refractivity contribution is 6.03. The summed E-state index contributed by atoms with van der Waals surface area (Å²) in [7, 11) is 3.17. The van der Waals surface area contributed by atoms with E-state index in [1.54, 1.807) is 32.4 Å². The predicted octanol–water partition coefficient (Wildman–Crippen LogP) is 3.89. The molecule has 172 valence electrons. The van der Waals surface area contributed by atoms with Crippen molar-refractivity contribution in [2.75, 3.05) is 32.6 Å². The van der Waals surface area contributed by atoms with Crippen LogP contribution in [0.5, 0.6) is 11.5 Å². The molecule has 2 aromatic carbocycles. The van der Waals surface area contributed by atoms with E-state index in [0.717, 1.165) is 29.8 Å². The topological polar surface area (TPSA) is 93.9 Å². The first-order valence-corrected chi connectivity index (χ1v) is 10.9. The number of piperidine rings is 1. The second-order valence-corrected chi connectivity index (χ2v) is 7.95. The SMILES string of the molecule is COc1ccc(CC(=O)N2CCC(c3cc(C(=O)Nc4ccccc4OC)on3)CC2)cc1. The van der Waals surface area contributed by atoms with Gasteiger partial charge in [-0.2, -0.15) is 0 Å². The van der Waals surface area contributed by atoms with E-state index >= 15 is 0 Å². The number of nitrogens with one attached hydrogen (secondary N) is 1. The molecule has 0 spiro atoms. The number of carbonyl (C=O) groups is 2. The van der Waals surface area contributed by atoms with Crippen LogP contribution in [0.25, 0.3) is 0 Å². The molecule has 1 N–H and O–H groups in total. The summed E-state index contributed by atoms with van der Waals surface area (Å²) in [5.41, 5.74) is 2.26. The van der Waals surface area contributed by atoms with E-state index in [1.807, 2.05) is 41.3 Å². The first kappa shape index (κ1) is 22.4. The quantitative estimate of drug-likeness (QED) is 0.588. The molecule has 3 aromatic rings. The van der Waals surface area contributed by atoms with Crippen molar-refractivity contribution in [3.05, 3.63) is 71.6 Å². The van der Waals surface area contributed by atoms with Crippen LogP contribution in [0.15, 0.2) is 59.1 Å². The van der Waals surface area contributed by atoms with Crippen molar-refractivity contribution >= 4 is 17.5 Å². The number of aromatic nitrogens is 1. The van der Waals surface area contributed by atoms with Gasteiger partial charge in [-0.05, 0) is 42.7 Å². The molecule has 1 saturated heterocycles. The summed E-state index contributed by atoms with van der Waals surface area (Å²) in [5, 5.41) is 6.90. The van der Waals surface area contributed by atoms with Crippen molar-refractivity contribution < 1.29 is 23.6 Å². The fourth-order valence-electron chi connectivity index (χ4n) is 3.97. The Morgan fingerprint density at radius 3 is 2.48 bits per heavy atom. The fraction of sp³-hybridized carbons (Fsp3) is 0.320. The average molecular weight is 450 g/mol. The Bertz CT molecular complexity index is 1100. The van der Waals surface area contributed by atoms with E-state index in [1.165, 1.54) is 0 Å². The van der Waals surface area contributed by atoms with Gasteiger partial charge < -0.3 is 24.2 Å². The van der Waals surface area contributed by atoms with Crippen LogP contribution >= 0.6 is 0 Å². The molecule has 1 aliphatic heterocycles. The Morgan fingerprint density at radius 1 is 1.06 bits per heavy atom. The summed E-state index contributed by atoms with van der Waals surface area (Å²) >= 11 is 0. The Balaban J connectivity index is 1.31. The lowest BCUT2D eigenvalue weighted by atomic mass is 9.93. The standard InChI is InChI=1S/C25H27N3O5/c1-31-19-9-7-17(8-10-19)15-24(29)28-13-11-18(12-14-28)21-16-23(33-27-21)25(30)26-20-5-3-4-6-22(20)32-2/h3-10,16,18H,11-15H2,1-2H3,(H,26,30). The zero-order chi connectivity index (χ0) is 23.2. The number of hydrogen-bond acceptors (Lipinski definition) is 6. The molecule has 8 nitrogen and oxygen atoms in total. The molecule has 1 aliphatic rings. The van der Waals surface area contributed by atoms with Gasteiger partial charge in [0.05, 0.1) is 32.0 Å². The Hall–Kier alpha value is -3.81. The minimum atomic E-state index is -0.384. The van der Waals surface area contributed by atoms with E-state index in [0.29, 0.717) is 30.9 Å². The number of benzene rings is 2. The maximum absolute atomic E-state index is 12.7. The molecule has 8 heteroatoms. The molecule has 1 aromatic heterocycles. The second kappa shape index (κ2) is 10.2. The van der Waals surface area contributed by atoms with Gasteiger partial charge in [-0.15, -0.1) is 0 Å². The Labute approximate surface area is 192 Å². The molecule has 0 bridgehead atoms. The van der Waals surface area contributed by atoms with Crippen LogP contribution < -0.4 is 14.8 Å². The monoisotopic (exact) mass is 449 g/mol. The van der Waals surface area contributed by atoms with Gasteiger partial charge in [-0.1, -0.05) is 29.4 Å². The van der Waals surface area contributed by atoms with Crippen LogP contribution in [0.2, 0.25) is 0 Å². The minimum absolute atomic E-state index is 0.107. The zero-order valence-corrected chi connectivity index (χ0v) is 18.7. The molecule has 2 heterocycles. The van der Waals surface area contributed by atoms with Crippen molar-refractivity contribution in [2.24, 2.45) is 0 Å². The molecule has 0 atom stereocenters. The number of amides is 2. The van der Waals surface area contributed by atoms with Gasteiger partial charge in [0.2, 0.25) is 11.7 Å². The van der Waals surface area contributed by atoms with Gasteiger partial charge >= 0.3 is 0 Å². The molecule has 2 amide bonds. The largest absolute Gasteiger partial charge is 0.497 e. The zero-order valence-electron chi connectivity index (χ0n) is 18.7. The first-order valence-electron chi connectivity index (χ1n) is 10.9. The van der Waals surface area contributed by atoms with Crippen molar-refractivity contribution in [1.29, 1.82) is 0 Å². The number of anilines is 1. The van der Waals surface area contributed by atoms with E-state index in [-0.39, 0.29) is 23.5 Å². The maximum atomic E-state index is 12.7. The number of rotatable bonds is 7. The second-order valence-electron chi connectivity index (χ2n) is 7.95. The molecular formula is C25H27N3O5. The highest BCUT2D eigenvalue weighted by atomic mass is 16.5. The van der Waals surface area contributed by atoms with Crippen molar-refractivity contribution in [3.8, 4) is 11.5 Å². The van der Waals surface area contributed by atoms with Crippen molar-refractivity contribution in [1.82, 2.24) is 10.1 Å². The Morgan fingerprint density at radius 2 is 1.79 bits per heavy atom. The summed E-state index contributed by atoms with van der Waals surface area (Å²) < 4.78 is 15.7. The summed E-state index contributed by atoms with van der Waals surface area (Å²) in [4.78, 5) is 27.1. The summed E-state index contributed by atoms with van der Waals surface area (Å²) in [5.74, 6) is 1.36. The third-order valence-electron chi connectivity index (χ3n) is 5.89. The van der Waals surface area contributed by atoms with Crippen molar-refractivity contribution in [3.63, 3.8) is 0 Å². The smallest absolute Gasteiger partial charge is 0.294 e. The lowest BCUT2D eigenvalue weighted by Gasteiger charge is -2.31. The fourth-order valence-corrected chi connectivity index (χ4v) is 3.97. The molecule has 0 unspecified atom stereocenters. The molecule has 0 aliphatic carbocycles. The van der Waals surface area contributed by atoms with Crippen LogP contribution in [0.3, 0.4) is 0 Å². The number of likely N-dealkylation sites (tertiary alicyclic amines) is 1. The average Bonchev–Trinajstić information content (AvgIpc) is 3.35. The Kier molecular flexibility index (Phi) is 6.92. The normalized spacial score (nSPS) is 14.1. The lowest BCUT2D eigenvalue weighted by molar-refractivity contribution is -0.131. The van der Waals surface area contributed by atoms with Gasteiger partial charge in [0.25, 0.3) is 5.91 Å². The lowest BCUT2D eigenvalue weighted by Crippen LogP contribution is -2.38.